The van der Waals surface area contributed by atoms with Crippen LogP contribution in [0.25, 0.3) is 0 Å². The van der Waals surface area contributed by atoms with Gasteiger partial charge in [-0.2, -0.15) is 5.10 Å². The average Bonchev–Trinajstić information content (AvgIpc) is 3.38. The topological polar surface area (TPSA) is 110 Å². The number of pyridine rings is 1. The summed E-state index contributed by atoms with van der Waals surface area (Å²) in [5.41, 5.74) is -0.0435. The molecule has 1 aliphatic heterocycles. The Morgan fingerprint density at radius 3 is 2.71 bits per heavy atom. The van der Waals surface area contributed by atoms with E-state index in [4.69, 9.17) is 4.74 Å². The van der Waals surface area contributed by atoms with Gasteiger partial charge in [0.05, 0.1) is 24.9 Å². The molecule has 0 radical (unpaired) electrons. The van der Waals surface area contributed by atoms with Gasteiger partial charge < -0.3 is 20.1 Å². The number of hydrogen-bond donors (Lipinski definition) is 2. The fraction of sp³-hybridized carbons (Fsp3) is 0.538. The van der Waals surface area contributed by atoms with E-state index in [0.29, 0.717) is 36.2 Å². The molecule has 4 rings (SSSR count). The highest BCUT2D eigenvalue weighted by atomic mass is 16.5. The standard InChI is InChI=1S/C26H35N5O4/c1-18-9-10-20(15-27-18)35-21-14-24(32)31(16-21)22(13-19-7-5-4-6-8-19)25(33)28-23-11-12-30(29-23)17-26(2,3)34/h9-12,14-15,19,22,34H,4-8,13,16-17H2,1-3H3,(H,28,29,33). The van der Waals surface area contributed by atoms with Gasteiger partial charge in [-0.3, -0.25) is 19.3 Å². The zero-order valence-electron chi connectivity index (χ0n) is 20.7. The van der Waals surface area contributed by atoms with Crippen LogP contribution in [0.3, 0.4) is 0 Å². The van der Waals surface area contributed by atoms with Crippen LogP contribution in [-0.2, 0) is 16.1 Å². The van der Waals surface area contributed by atoms with Gasteiger partial charge in [0.25, 0.3) is 5.91 Å². The number of nitrogens with one attached hydrogen (secondary N) is 1. The van der Waals surface area contributed by atoms with Crippen molar-refractivity contribution in [3.05, 3.63) is 48.1 Å². The van der Waals surface area contributed by atoms with E-state index in [1.807, 2.05) is 19.1 Å². The molecule has 0 bridgehead atoms. The molecule has 1 aliphatic carbocycles. The molecule has 3 heterocycles. The molecule has 1 unspecified atom stereocenters. The molecule has 0 aromatic carbocycles. The number of aryl methyl sites for hydroxylation is 1. The Hall–Kier alpha value is -3.20. The predicted molar refractivity (Wildman–Crippen MR) is 132 cm³/mol. The zero-order chi connectivity index (χ0) is 25.0. The first-order chi connectivity index (χ1) is 16.7. The first-order valence-corrected chi connectivity index (χ1v) is 12.3. The first-order valence-electron chi connectivity index (χ1n) is 12.3. The van der Waals surface area contributed by atoms with Crippen LogP contribution < -0.4 is 10.1 Å². The first kappa shape index (κ1) is 24.9. The largest absolute Gasteiger partial charge is 0.458 e. The van der Waals surface area contributed by atoms with Gasteiger partial charge in [0.2, 0.25) is 5.91 Å². The van der Waals surface area contributed by atoms with Crippen molar-refractivity contribution in [1.82, 2.24) is 19.7 Å². The summed E-state index contributed by atoms with van der Waals surface area (Å²) in [4.78, 5) is 32.2. The molecule has 188 valence electrons. The second kappa shape index (κ2) is 10.6. The third-order valence-corrected chi connectivity index (χ3v) is 6.43. The third-order valence-electron chi connectivity index (χ3n) is 6.43. The number of rotatable bonds is 9. The molecule has 9 heteroatoms. The van der Waals surface area contributed by atoms with Crippen molar-refractivity contribution in [2.75, 3.05) is 11.9 Å². The molecule has 2 aromatic heterocycles. The Morgan fingerprint density at radius 1 is 1.26 bits per heavy atom. The van der Waals surface area contributed by atoms with Gasteiger partial charge in [-0.15, -0.1) is 0 Å². The quantitative estimate of drug-likeness (QED) is 0.568. The smallest absolute Gasteiger partial charge is 0.251 e. The molecular formula is C26H35N5O4. The summed E-state index contributed by atoms with van der Waals surface area (Å²) in [6.45, 7) is 5.82. The molecule has 35 heavy (non-hydrogen) atoms. The Morgan fingerprint density at radius 2 is 2.03 bits per heavy atom. The average molecular weight is 482 g/mol. The minimum atomic E-state index is -0.923. The Kier molecular flexibility index (Phi) is 7.54. The van der Waals surface area contributed by atoms with Crippen molar-refractivity contribution >= 4 is 17.6 Å². The van der Waals surface area contributed by atoms with Crippen molar-refractivity contribution < 1.29 is 19.4 Å². The Bertz CT molecular complexity index is 1060. The normalized spacial score (nSPS) is 17.9. The lowest BCUT2D eigenvalue weighted by molar-refractivity contribution is -0.134. The fourth-order valence-corrected chi connectivity index (χ4v) is 4.74. The van der Waals surface area contributed by atoms with Crippen molar-refractivity contribution in [2.45, 2.75) is 77.5 Å². The number of aliphatic hydroxyl groups is 1. The number of amides is 2. The molecular weight excluding hydrogens is 446 g/mol. The van der Waals surface area contributed by atoms with Crippen LogP contribution >= 0.6 is 0 Å². The molecule has 2 N–H and O–H groups in total. The minimum absolute atomic E-state index is 0.227. The number of carbonyl (C=O) groups excluding carboxylic acids is 2. The highest BCUT2D eigenvalue weighted by Crippen LogP contribution is 2.30. The monoisotopic (exact) mass is 481 g/mol. The summed E-state index contributed by atoms with van der Waals surface area (Å²) in [5, 5.41) is 17.3. The van der Waals surface area contributed by atoms with Gasteiger partial charge in [-0.1, -0.05) is 32.1 Å². The van der Waals surface area contributed by atoms with E-state index in [0.717, 1.165) is 31.4 Å². The molecule has 2 amide bonds. The molecule has 9 nitrogen and oxygen atoms in total. The van der Waals surface area contributed by atoms with Gasteiger partial charge in [-0.05, 0) is 45.2 Å². The lowest BCUT2D eigenvalue weighted by Gasteiger charge is -2.31. The summed E-state index contributed by atoms with van der Waals surface area (Å²) in [5.74, 6) is 1.35. The van der Waals surface area contributed by atoms with E-state index in [1.54, 1.807) is 41.9 Å². The van der Waals surface area contributed by atoms with E-state index >= 15 is 0 Å². The van der Waals surface area contributed by atoms with Gasteiger partial charge in [0.1, 0.15) is 17.6 Å². The molecule has 2 aromatic rings. The van der Waals surface area contributed by atoms with Gasteiger partial charge in [0.15, 0.2) is 5.82 Å². The number of anilines is 1. The summed E-state index contributed by atoms with van der Waals surface area (Å²) in [7, 11) is 0. The van der Waals surface area contributed by atoms with Gasteiger partial charge >= 0.3 is 0 Å². The lowest BCUT2D eigenvalue weighted by Crippen LogP contribution is -2.46. The lowest BCUT2D eigenvalue weighted by atomic mass is 9.84. The zero-order valence-corrected chi connectivity index (χ0v) is 20.7. The Balaban J connectivity index is 1.46. The maximum atomic E-state index is 13.4. The fourth-order valence-electron chi connectivity index (χ4n) is 4.74. The molecule has 0 saturated heterocycles. The number of carbonyl (C=O) groups is 2. The van der Waals surface area contributed by atoms with Crippen molar-refractivity contribution in [3.63, 3.8) is 0 Å². The van der Waals surface area contributed by atoms with E-state index in [1.165, 1.54) is 12.5 Å². The summed E-state index contributed by atoms with van der Waals surface area (Å²) < 4.78 is 7.48. The van der Waals surface area contributed by atoms with Crippen LogP contribution in [0.4, 0.5) is 5.82 Å². The van der Waals surface area contributed by atoms with Crippen molar-refractivity contribution in [2.24, 2.45) is 5.92 Å². The molecule has 0 spiro atoms. The van der Waals surface area contributed by atoms with E-state index in [9.17, 15) is 14.7 Å². The van der Waals surface area contributed by atoms with Crippen LogP contribution in [0.5, 0.6) is 5.75 Å². The summed E-state index contributed by atoms with van der Waals surface area (Å²) in [6, 6.07) is 4.73. The van der Waals surface area contributed by atoms with E-state index in [-0.39, 0.29) is 18.4 Å². The van der Waals surface area contributed by atoms with Gasteiger partial charge in [-0.25, -0.2) is 0 Å². The van der Waals surface area contributed by atoms with Crippen LogP contribution in [0.1, 0.15) is 58.1 Å². The Labute approximate surface area is 206 Å². The highest BCUT2D eigenvalue weighted by Gasteiger charge is 2.36. The summed E-state index contributed by atoms with van der Waals surface area (Å²) in [6.07, 6.45) is 11.1. The molecule has 1 saturated carbocycles. The number of hydrogen-bond acceptors (Lipinski definition) is 6. The highest BCUT2D eigenvalue weighted by molar-refractivity contribution is 5.99. The van der Waals surface area contributed by atoms with Gasteiger partial charge in [0, 0.05) is 24.0 Å². The van der Waals surface area contributed by atoms with Crippen LogP contribution in [0.15, 0.2) is 42.4 Å². The maximum Gasteiger partial charge on any atom is 0.251 e. The van der Waals surface area contributed by atoms with Crippen molar-refractivity contribution in [3.8, 4) is 5.75 Å². The molecule has 1 atom stereocenters. The second-order valence-corrected chi connectivity index (χ2v) is 10.3. The van der Waals surface area contributed by atoms with Crippen LogP contribution in [0, 0.1) is 12.8 Å². The molecule has 1 fully saturated rings. The van der Waals surface area contributed by atoms with E-state index in [2.05, 4.69) is 15.4 Å². The number of ether oxygens (including phenoxy) is 1. The van der Waals surface area contributed by atoms with Crippen LogP contribution in [-0.4, -0.2) is 54.8 Å². The van der Waals surface area contributed by atoms with E-state index < -0.39 is 11.6 Å². The van der Waals surface area contributed by atoms with Crippen LogP contribution in [0.2, 0.25) is 0 Å². The third kappa shape index (κ3) is 6.91. The maximum absolute atomic E-state index is 13.4. The number of aromatic nitrogens is 3. The predicted octanol–water partition coefficient (Wildman–Crippen LogP) is 3.44. The molecule has 2 aliphatic rings. The number of nitrogens with zero attached hydrogens (tertiary/aromatic N) is 4. The van der Waals surface area contributed by atoms with Crippen molar-refractivity contribution in [1.29, 1.82) is 0 Å². The second-order valence-electron chi connectivity index (χ2n) is 10.3. The SMILES string of the molecule is Cc1ccc(OC2=CC(=O)N(C(CC3CCCCC3)C(=O)Nc3ccn(CC(C)(C)O)n3)C2)cn1. The summed E-state index contributed by atoms with van der Waals surface area (Å²) >= 11 is 0. The minimum Gasteiger partial charge on any atom is -0.458 e.